The molecule has 0 saturated carbocycles. The lowest BCUT2D eigenvalue weighted by Gasteiger charge is -2.08. The number of carbonyl (C=O) groups excluding carboxylic acids is 1. The van der Waals surface area contributed by atoms with Crippen molar-refractivity contribution in [3.63, 3.8) is 0 Å². The summed E-state index contributed by atoms with van der Waals surface area (Å²) in [5.74, 6) is 2.91. The first-order valence-electron chi connectivity index (χ1n) is 9.36. The maximum atomic E-state index is 12.3. The van der Waals surface area contributed by atoms with Gasteiger partial charge >= 0.3 is 0 Å². The molecule has 3 heterocycles. The summed E-state index contributed by atoms with van der Waals surface area (Å²) in [5, 5.41) is 15.8. The summed E-state index contributed by atoms with van der Waals surface area (Å²) in [6.45, 7) is 1.88. The molecule has 4 rings (SSSR count). The molecule has 0 aliphatic heterocycles. The Hall–Kier alpha value is -3.60. The van der Waals surface area contributed by atoms with Gasteiger partial charge < -0.3 is 23.6 Å². The van der Waals surface area contributed by atoms with Gasteiger partial charge in [-0.3, -0.25) is 4.79 Å². The average Bonchev–Trinajstić information content (AvgIpc) is 3.47. The van der Waals surface area contributed by atoms with Crippen LogP contribution in [0.3, 0.4) is 0 Å². The highest BCUT2D eigenvalue weighted by molar-refractivity contribution is 7.98. The first kappa shape index (κ1) is 20.7. The number of anilines is 1. The molecule has 0 aliphatic rings. The summed E-state index contributed by atoms with van der Waals surface area (Å²) in [6, 6.07) is 9.02. The van der Waals surface area contributed by atoms with Crippen molar-refractivity contribution < 1.29 is 18.5 Å². The number of nitrogens with one attached hydrogen (secondary N) is 1. The molecular weight excluding hydrogens is 420 g/mol. The molecule has 3 aromatic heterocycles. The zero-order valence-electron chi connectivity index (χ0n) is 17.2. The van der Waals surface area contributed by atoms with Crippen LogP contribution in [0.15, 0.2) is 50.7 Å². The van der Waals surface area contributed by atoms with Crippen LogP contribution >= 0.6 is 11.8 Å². The maximum Gasteiger partial charge on any atom is 0.237 e. The Morgan fingerprint density at radius 2 is 2.10 bits per heavy atom. The van der Waals surface area contributed by atoms with E-state index in [1.807, 2.05) is 36.7 Å². The number of rotatable bonds is 8. The monoisotopic (exact) mass is 440 g/mol. The summed E-state index contributed by atoms with van der Waals surface area (Å²) in [4.78, 5) is 16.6. The largest absolute Gasteiger partial charge is 0.495 e. The SMILES string of the molecule is COc1ccccc1NC(=O)Cc1noc(CSc2nnc(-c3ccoc3C)n2C)n1. The number of hydrogen-bond donors (Lipinski definition) is 1. The van der Waals surface area contributed by atoms with Gasteiger partial charge in [0, 0.05) is 7.05 Å². The number of amides is 1. The van der Waals surface area contributed by atoms with Crippen molar-refractivity contribution in [3.05, 3.63) is 54.1 Å². The molecule has 0 aliphatic carbocycles. The first-order chi connectivity index (χ1) is 15.0. The van der Waals surface area contributed by atoms with Crippen molar-refractivity contribution in [1.29, 1.82) is 0 Å². The summed E-state index contributed by atoms with van der Waals surface area (Å²) >= 11 is 1.41. The second kappa shape index (κ2) is 9.04. The zero-order valence-corrected chi connectivity index (χ0v) is 18.0. The van der Waals surface area contributed by atoms with Crippen molar-refractivity contribution in [3.8, 4) is 17.1 Å². The third-order valence-corrected chi connectivity index (χ3v) is 5.47. The lowest BCUT2D eigenvalue weighted by molar-refractivity contribution is -0.115. The fraction of sp³-hybridized carbons (Fsp3) is 0.250. The standard InChI is InChI=1S/C20H20N6O4S/c1-12-13(8-9-29-12)19-23-24-20(26(19)2)31-11-18-22-16(25-30-18)10-17(27)21-14-6-4-5-7-15(14)28-3/h4-9H,10-11H2,1-3H3,(H,21,27). The number of carbonyl (C=O) groups is 1. The van der Waals surface area contributed by atoms with E-state index in [1.54, 1.807) is 25.5 Å². The summed E-state index contributed by atoms with van der Waals surface area (Å²) in [7, 11) is 3.43. The lowest BCUT2D eigenvalue weighted by Crippen LogP contribution is -2.15. The highest BCUT2D eigenvalue weighted by atomic mass is 32.2. The molecule has 4 aromatic rings. The molecule has 0 unspecified atom stereocenters. The molecule has 11 heteroatoms. The Morgan fingerprint density at radius 3 is 2.87 bits per heavy atom. The molecule has 1 N–H and O–H groups in total. The smallest absolute Gasteiger partial charge is 0.237 e. The Kier molecular flexibility index (Phi) is 6.03. The Morgan fingerprint density at radius 1 is 1.26 bits per heavy atom. The predicted octanol–water partition coefficient (Wildman–Crippen LogP) is 3.25. The fourth-order valence-corrected chi connectivity index (χ4v) is 3.67. The number of aromatic nitrogens is 5. The third kappa shape index (κ3) is 4.61. The van der Waals surface area contributed by atoms with E-state index < -0.39 is 0 Å². The normalized spacial score (nSPS) is 10.9. The van der Waals surface area contributed by atoms with Crippen molar-refractivity contribution in [2.45, 2.75) is 24.3 Å². The maximum absolute atomic E-state index is 12.3. The van der Waals surface area contributed by atoms with Gasteiger partial charge in [-0.2, -0.15) is 4.98 Å². The van der Waals surface area contributed by atoms with Crippen LogP contribution in [0.2, 0.25) is 0 Å². The Labute approximate surface area is 182 Å². The first-order valence-corrected chi connectivity index (χ1v) is 10.3. The molecule has 0 bridgehead atoms. The summed E-state index contributed by atoms with van der Waals surface area (Å²) < 4.78 is 17.7. The van der Waals surface area contributed by atoms with E-state index in [0.717, 1.165) is 11.3 Å². The topological polar surface area (TPSA) is 121 Å². The van der Waals surface area contributed by atoms with Crippen LogP contribution < -0.4 is 10.1 Å². The number of benzene rings is 1. The van der Waals surface area contributed by atoms with Gasteiger partial charge in [-0.1, -0.05) is 29.1 Å². The van der Waals surface area contributed by atoms with Gasteiger partial charge in [0.25, 0.3) is 0 Å². The van der Waals surface area contributed by atoms with Gasteiger partial charge in [0.15, 0.2) is 16.8 Å². The second-order valence-corrected chi connectivity index (χ2v) is 7.52. The molecule has 1 aromatic carbocycles. The predicted molar refractivity (Wildman–Crippen MR) is 113 cm³/mol. The van der Waals surface area contributed by atoms with E-state index in [2.05, 4.69) is 25.7 Å². The van der Waals surface area contributed by atoms with E-state index >= 15 is 0 Å². The van der Waals surface area contributed by atoms with Gasteiger partial charge in [-0.05, 0) is 25.1 Å². The molecule has 10 nitrogen and oxygen atoms in total. The van der Waals surface area contributed by atoms with Crippen LogP contribution in [-0.4, -0.2) is 37.9 Å². The highest BCUT2D eigenvalue weighted by Gasteiger charge is 2.17. The molecule has 0 fully saturated rings. The van der Waals surface area contributed by atoms with Crippen molar-refractivity contribution in [1.82, 2.24) is 24.9 Å². The molecule has 0 saturated heterocycles. The van der Waals surface area contributed by atoms with Gasteiger partial charge in [0.2, 0.25) is 11.8 Å². The number of ether oxygens (including phenoxy) is 1. The molecule has 31 heavy (non-hydrogen) atoms. The van der Waals surface area contributed by atoms with Crippen LogP contribution in [-0.2, 0) is 24.0 Å². The van der Waals surface area contributed by atoms with E-state index in [0.29, 0.717) is 39.9 Å². The number of thioether (sulfide) groups is 1. The van der Waals surface area contributed by atoms with Crippen LogP contribution in [0.4, 0.5) is 5.69 Å². The van der Waals surface area contributed by atoms with Crippen molar-refractivity contribution >= 4 is 23.4 Å². The number of aryl methyl sites for hydroxylation is 1. The van der Waals surface area contributed by atoms with Gasteiger partial charge in [0.1, 0.15) is 11.5 Å². The van der Waals surface area contributed by atoms with Crippen LogP contribution in [0, 0.1) is 6.92 Å². The molecule has 0 spiro atoms. The molecule has 160 valence electrons. The minimum atomic E-state index is -0.266. The molecular formula is C20H20N6O4S. The zero-order chi connectivity index (χ0) is 21.8. The minimum Gasteiger partial charge on any atom is -0.495 e. The molecule has 0 atom stereocenters. The number of nitrogens with zero attached hydrogens (tertiary/aromatic N) is 5. The van der Waals surface area contributed by atoms with Crippen LogP contribution in [0.25, 0.3) is 11.4 Å². The summed E-state index contributed by atoms with van der Waals surface area (Å²) in [5.41, 5.74) is 1.48. The number of furan rings is 1. The van der Waals surface area contributed by atoms with E-state index in [4.69, 9.17) is 13.7 Å². The number of methoxy groups -OCH3 is 1. The van der Waals surface area contributed by atoms with Crippen molar-refractivity contribution in [2.75, 3.05) is 12.4 Å². The summed E-state index contributed by atoms with van der Waals surface area (Å²) in [6.07, 6.45) is 1.61. The fourth-order valence-electron chi connectivity index (χ4n) is 2.92. The van der Waals surface area contributed by atoms with Gasteiger partial charge in [-0.15, -0.1) is 10.2 Å². The second-order valence-electron chi connectivity index (χ2n) is 6.57. The van der Waals surface area contributed by atoms with Crippen LogP contribution in [0.1, 0.15) is 17.5 Å². The number of para-hydroxylation sites is 2. The highest BCUT2D eigenvalue weighted by Crippen LogP contribution is 2.27. The van der Waals surface area contributed by atoms with Gasteiger partial charge in [0.05, 0.1) is 36.8 Å². The van der Waals surface area contributed by atoms with Crippen molar-refractivity contribution in [2.24, 2.45) is 7.05 Å². The lowest BCUT2D eigenvalue weighted by atomic mass is 10.2. The molecule has 1 amide bonds. The Bertz CT molecular complexity index is 1200. The minimum absolute atomic E-state index is 0.0138. The molecule has 0 radical (unpaired) electrons. The third-order valence-electron chi connectivity index (χ3n) is 4.47. The van der Waals surface area contributed by atoms with E-state index in [1.165, 1.54) is 11.8 Å². The van der Waals surface area contributed by atoms with Gasteiger partial charge in [-0.25, -0.2) is 0 Å². The Balaban J connectivity index is 1.35. The van der Waals surface area contributed by atoms with Crippen LogP contribution in [0.5, 0.6) is 5.75 Å². The number of hydrogen-bond acceptors (Lipinski definition) is 9. The van der Waals surface area contributed by atoms with E-state index in [9.17, 15) is 4.79 Å². The average molecular weight is 440 g/mol. The van der Waals surface area contributed by atoms with E-state index in [-0.39, 0.29) is 12.3 Å². The quantitative estimate of drug-likeness (QED) is 0.411.